The van der Waals surface area contributed by atoms with E-state index in [2.05, 4.69) is 5.10 Å². The van der Waals surface area contributed by atoms with E-state index in [9.17, 15) is 9.59 Å². The van der Waals surface area contributed by atoms with Gasteiger partial charge in [-0.2, -0.15) is 5.10 Å². The van der Waals surface area contributed by atoms with Gasteiger partial charge in [-0.15, -0.1) is 11.3 Å². The van der Waals surface area contributed by atoms with Gasteiger partial charge in [0.2, 0.25) is 0 Å². The summed E-state index contributed by atoms with van der Waals surface area (Å²) >= 11 is 1.47. The van der Waals surface area contributed by atoms with Crippen LogP contribution in [0.5, 0.6) is 0 Å². The minimum atomic E-state index is -0.130. The van der Waals surface area contributed by atoms with E-state index in [4.69, 9.17) is 0 Å². The third kappa shape index (κ3) is 3.20. The zero-order valence-electron chi connectivity index (χ0n) is 14.5. The van der Waals surface area contributed by atoms with Gasteiger partial charge in [-0.1, -0.05) is 30.3 Å². The molecule has 3 heterocycles. The van der Waals surface area contributed by atoms with Crippen molar-refractivity contribution in [2.24, 2.45) is 0 Å². The van der Waals surface area contributed by atoms with Crippen LogP contribution in [0.2, 0.25) is 0 Å². The monoisotopic (exact) mass is 365 g/mol. The molecule has 0 fully saturated rings. The standard InChI is InChI=1S/C20H19N3O2S/c1-14-8-10-26-19(14)20(25)22-9-7-17-16(13-22)11-18(24)23(21-17)12-15-5-3-2-4-6-15/h2-6,8,10-11H,7,9,12-13H2,1H3. The molecular formula is C20H19N3O2S. The average Bonchev–Trinajstić information content (AvgIpc) is 3.08. The number of carbonyl (C=O) groups is 1. The van der Waals surface area contributed by atoms with Crippen LogP contribution in [-0.2, 0) is 19.5 Å². The first-order valence-corrected chi connectivity index (χ1v) is 9.47. The molecule has 1 amide bonds. The molecule has 0 saturated carbocycles. The van der Waals surface area contributed by atoms with Crippen LogP contribution < -0.4 is 5.56 Å². The number of aryl methyl sites for hydroxylation is 1. The van der Waals surface area contributed by atoms with Gasteiger partial charge in [0.25, 0.3) is 11.5 Å². The van der Waals surface area contributed by atoms with Crippen LogP contribution in [0.15, 0.2) is 52.6 Å². The quantitative estimate of drug-likeness (QED) is 0.717. The lowest BCUT2D eigenvalue weighted by Crippen LogP contribution is -2.38. The number of hydrogen-bond acceptors (Lipinski definition) is 4. The van der Waals surface area contributed by atoms with E-state index in [1.807, 2.05) is 53.6 Å². The number of hydrogen-bond donors (Lipinski definition) is 0. The fraction of sp³-hybridized carbons (Fsp3) is 0.250. The van der Waals surface area contributed by atoms with Crippen molar-refractivity contribution in [3.63, 3.8) is 0 Å². The molecule has 0 radical (unpaired) electrons. The van der Waals surface area contributed by atoms with Crippen LogP contribution in [0, 0.1) is 6.92 Å². The number of aromatic nitrogens is 2. The predicted molar refractivity (Wildman–Crippen MR) is 102 cm³/mol. The highest BCUT2D eigenvalue weighted by Crippen LogP contribution is 2.22. The molecule has 0 N–H and O–H groups in total. The second-order valence-corrected chi connectivity index (χ2v) is 7.42. The number of rotatable bonds is 3. The van der Waals surface area contributed by atoms with Crippen molar-refractivity contribution in [3.8, 4) is 0 Å². The van der Waals surface area contributed by atoms with Gasteiger partial charge in [-0.25, -0.2) is 4.68 Å². The second kappa shape index (κ2) is 6.88. The van der Waals surface area contributed by atoms with E-state index in [1.54, 1.807) is 6.07 Å². The third-order valence-corrected chi connectivity index (χ3v) is 5.67. The Bertz CT molecular complexity index is 1010. The van der Waals surface area contributed by atoms with Gasteiger partial charge in [0.05, 0.1) is 17.1 Å². The lowest BCUT2D eigenvalue weighted by molar-refractivity contribution is 0.0737. The Labute approximate surface area is 155 Å². The number of amides is 1. The first kappa shape index (κ1) is 16.7. The molecule has 4 rings (SSSR count). The van der Waals surface area contributed by atoms with E-state index in [0.717, 1.165) is 27.3 Å². The van der Waals surface area contributed by atoms with Gasteiger partial charge in [0, 0.05) is 31.1 Å². The summed E-state index contributed by atoms with van der Waals surface area (Å²) in [5.74, 6) is 0.0385. The Kier molecular flexibility index (Phi) is 4.42. The number of carbonyl (C=O) groups excluding carboxylic acids is 1. The lowest BCUT2D eigenvalue weighted by atomic mass is 10.1. The summed E-state index contributed by atoms with van der Waals surface area (Å²) in [4.78, 5) is 27.8. The molecule has 3 aromatic rings. The maximum atomic E-state index is 12.7. The Morgan fingerprint density at radius 1 is 1.23 bits per heavy atom. The molecule has 1 aromatic carbocycles. The van der Waals surface area contributed by atoms with Crippen molar-refractivity contribution in [1.82, 2.24) is 14.7 Å². The molecule has 0 atom stereocenters. The Morgan fingerprint density at radius 3 is 2.77 bits per heavy atom. The van der Waals surface area contributed by atoms with Gasteiger partial charge in [-0.05, 0) is 29.5 Å². The number of nitrogens with zero attached hydrogens (tertiary/aromatic N) is 3. The molecule has 5 nitrogen and oxygen atoms in total. The molecular weight excluding hydrogens is 346 g/mol. The van der Waals surface area contributed by atoms with Crippen LogP contribution in [-0.4, -0.2) is 27.1 Å². The van der Waals surface area contributed by atoms with Crippen molar-refractivity contribution in [1.29, 1.82) is 0 Å². The van der Waals surface area contributed by atoms with Crippen LogP contribution >= 0.6 is 11.3 Å². The lowest BCUT2D eigenvalue weighted by Gasteiger charge is -2.28. The smallest absolute Gasteiger partial charge is 0.267 e. The molecule has 132 valence electrons. The molecule has 26 heavy (non-hydrogen) atoms. The first-order chi connectivity index (χ1) is 12.6. The van der Waals surface area contributed by atoms with Crippen molar-refractivity contribution in [2.45, 2.75) is 26.4 Å². The summed E-state index contributed by atoms with van der Waals surface area (Å²) in [5.41, 5.74) is 3.68. The summed E-state index contributed by atoms with van der Waals surface area (Å²) in [6.07, 6.45) is 0.667. The summed E-state index contributed by atoms with van der Waals surface area (Å²) in [6, 6.07) is 13.4. The van der Waals surface area contributed by atoms with Crippen LogP contribution in [0.25, 0.3) is 0 Å². The van der Waals surface area contributed by atoms with E-state index >= 15 is 0 Å². The summed E-state index contributed by atoms with van der Waals surface area (Å²) < 4.78 is 1.51. The fourth-order valence-electron chi connectivity index (χ4n) is 3.22. The molecule has 1 aliphatic rings. The van der Waals surface area contributed by atoms with E-state index in [-0.39, 0.29) is 11.5 Å². The molecule has 0 saturated heterocycles. The highest BCUT2D eigenvalue weighted by molar-refractivity contribution is 7.12. The van der Waals surface area contributed by atoms with Crippen LogP contribution in [0.4, 0.5) is 0 Å². The van der Waals surface area contributed by atoms with Gasteiger partial charge >= 0.3 is 0 Å². The summed E-state index contributed by atoms with van der Waals surface area (Å²) in [7, 11) is 0. The van der Waals surface area contributed by atoms with Gasteiger partial charge in [-0.3, -0.25) is 9.59 Å². The van der Waals surface area contributed by atoms with Gasteiger partial charge in [0.15, 0.2) is 0 Å². The maximum absolute atomic E-state index is 12.7. The highest BCUT2D eigenvalue weighted by Gasteiger charge is 2.25. The maximum Gasteiger partial charge on any atom is 0.267 e. The SMILES string of the molecule is Cc1ccsc1C(=O)N1CCc2nn(Cc3ccccc3)c(=O)cc2C1. The summed E-state index contributed by atoms with van der Waals surface area (Å²) in [6.45, 7) is 3.48. The van der Waals surface area contributed by atoms with Crippen molar-refractivity contribution in [3.05, 3.63) is 85.5 Å². The Hall–Kier alpha value is -2.73. The first-order valence-electron chi connectivity index (χ1n) is 8.59. The molecule has 6 heteroatoms. The molecule has 1 aliphatic heterocycles. The molecule has 0 unspecified atom stereocenters. The van der Waals surface area contributed by atoms with Crippen molar-refractivity contribution in [2.75, 3.05) is 6.54 Å². The minimum Gasteiger partial charge on any atom is -0.333 e. The van der Waals surface area contributed by atoms with Crippen LogP contribution in [0.3, 0.4) is 0 Å². The minimum absolute atomic E-state index is 0.0385. The van der Waals surface area contributed by atoms with Crippen molar-refractivity contribution < 1.29 is 4.79 Å². The molecule has 0 aliphatic carbocycles. The number of fused-ring (bicyclic) bond motifs is 1. The zero-order valence-corrected chi connectivity index (χ0v) is 15.3. The molecule has 0 spiro atoms. The Balaban J connectivity index is 1.57. The van der Waals surface area contributed by atoms with E-state index in [0.29, 0.717) is 26.1 Å². The fourth-order valence-corrected chi connectivity index (χ4v) is 4.11. The molecule has 0 bridgehead atoms. The van der Waals surface area contributed by atoms with Crippen molar-refractivity contribution >= 4 is 17.2 Å². The summed E-state index contributed by atoms with van der Waals surface area (Å²) in [5, 5.41) is 6.49. The number of thiophene rings is 1. The Morgan fingerprint density at radius 2 is 2.04 bits per heavy atom. The van der Waals surface area contributed by atoms with Gasteiger partial charge < -0.3 is 4.90 Å². The van der Waals surface area contributed by atoms with Gasteiger partial charge in [0.1, 0.15) is 0 Å². The second-order valence-electron chi connectivity index (χ2n) is 6.51. The predicted octanol–water partition coefficient (Wildman–Crippen LogP) is 2.86. The zero-order chi connectivity index (χ0) is 18.1. The largest absolute Gasteiger partial charge is 0.333 e. The third-order valence-electron chi connectivity index (χ3n) is 4.66. The topological polar surface area (TPSA) is 55.2 Å². The average molecular weight is 365 g/mol. The number of benzene rings is 1. The molecule has 2 aromatic heterocycles. The van der Waals surface area contributed by atoms with E-state index in [1.165, 1.54) is 16.0 Å². The normalized spacial score (nSPS) is 13.5. The highest BCUT2D eigenvalue weighted by atomic mass is 32.1. The van der Waals surface area contributed by atoms with Crippen LogP contribution in [0.1, 0.15) is 32.1 Å². The van der Waals surface area contributed by atoms with E-state index < -0.39 is 0 Å².